The number of nitrogens with one attached hydrogen (secondary N) is 2. The Morgan fingerprint density at radius 2 is 1.71 bits per heavy atom. The highest BCUT2D eigenvalue weighted by Gasteiger charge is 2.19. The average Bonchev–Trinajstić information content (AvgIpc) is 3.15. The molecule has 108 valence electrons. The standard InChI is InChI=1S/C11H14N10/c1-3-9-16-11-8(5-14-21(11)18-9)19(12)7-4-13-20-10(7)15-6(2)17-20/h4-5H,3,12H2,1-2H3,(H,15,17)(H,16,18). The molecule has 0 aliphatic rings. The van der Waals surface area contributed by atoms with Gasteiger partial charge in [-0.3, -0.25) is 15.2 Å². The summed E-state index contributed by atoms with van der Waals surface area (Å²) in [7, 11) is 0. The first kappa shape index (κ1) is 11.9. The van der Waals surface area contributed by atoms with Gasteiger partial charge in [0.15, 0.2) is 0 Å². The summed E-state index contributed by atoms with van der Waals surface area (Å²) in [4.78, 5) is 8.85. The number of nitrogens with two attached hydrogens (primary N) is 1. The fraction of sp³-hybridized carbons (Fsp3) is 0.273. The Hall–Kier alpha value is -2.88. The molecular weight excluding hydrogens is 272 g/mol. The molecule has 4 heterocycles. The number of aromatic amines is 2. The Kier molecular flexibility index (Phi) is 2.30. The number of H-pyrrole nitrogens is 2. The van der Waals surface area contributed by atoms with Crippen molar-refractivity contribution in [1.82, 2.24) is 39.6 Å². The molecule has 10 nitrogen and oxygen atoms in total. The summed E-state index contributed by atoms with van der Waals surface area (Å²) in [6, 6.07) is 0. The van der Waals surface area contributed by atoms with E-state index in [-0.39, 0.29) is 0 Å². The van der Waals surface area contributed by atoms with Gasteiger partial charge in [-0.05, 0) is 6.92 Å². The van der Waals surface area contributed by atoms with E-state index in [2.05, 4.69) is 30.4 Å². The predicted molar refractivity (Wildman–Crippen MR) is 75.1 cm³/mol. The van der Waals surface area contributed by atoms with Gasteiger partial charge in [0, 0.05) is 6.42 Å². The van der Waals surface area contributed by atoms with E-state index in [1.165, 1.54) is 5.01 Å². The summed E-state index contributed by atoms with van der Waals surface area (Å²) in [5, 5.41) is 16.0. The summed E-state index contributed by atoms with van der Waals surface area (Å²) in [5.41, 5.74) is 2.68. The highest BCUT2D eigenvalue weighted by molar-refractivity contribution is 5.80. The highest BCUT2D eigenvalue weighted by Crippen LogP contribution is 2.27. The van der Waals surface area contributed by atoms with Crippen molar-refractivity contribution in [2.24, 2.45) is 5.84 Å². The molecule has 4 N–H and O–H groups in total. The number of anilines is 2. The van der Waals surface area contributed by atoms with E-state index in [1.54, 1.807) is 21.7 Å². The summed E-state index contributed by atoms with van der Waals surface area (Å²) < 4.78 is 3.18. The topological polar surface area (TPSA) is 121 Å². The molecule has 0 saturated carbocycles. The number of aromatic nitrogens is 8. The van der Waals surface area contributed by atoms with Crippen LogP contribution in [-0.4, -0.2) is 39.6 Å². The van der Waals surface area contributed by atoms with Gasteiger partial charge in [0.1, 0.15) is 23.0 Å². The van der Waals surface area contributed by atoms with Crippen LogP contribution in [0.25, 0.3) is 11.3 Å². The van der Waals surface area contributed by atoms with Crippen molar-refractivity contribution in [3.05, 3.63) is 24.0 Å². The Labute approximate surface area is 118 Å². The third kappa shape index (κ3) is 1.62. The van der Waals surface area contributed by atoms with Crippen molar-refractivity contribution in [2.75, 3.05) is 5.01 Å². The summed E-state index contributed by atoms with van der Waals surface area (Å²) >= 11 is 0. The largest absolute Gasteiger partial charge is 0.269 e. The Balaban J connectivity index is 1.85. The molecule has 0 saturated heterocycles. The minimum atomic E-state index is 0.653. The van der Waals surface area contributed by atoms with E-state index >= 15 is 0 Å². The second kappa shape index (κ2) is 4.06. The van der Waals surface area contributed by atoms with Gasteiger partial charge in [0.25, 0.3) is 0 Å². The lowest BCUT2D eigenvalue weighted by Gasteiger charge is -2.13. The third-order valence-electron chi connectivity index (χ3n) is 3.32. The number of hydrazine groups is 1. The first-order valence-corrected chi connectivity index (χ1v) is 6.55. The average molecular weight is 286 g/mol. The molecule has 0 unspecified atom stereocenters. The maximum atomic E-state index is 6.22. The number of fused-ring (bicyclic) bond motifs is 2. The molecule has 0 aliphatic heterocycles. The predicted octanol–water partition coefficient (Wildman–Crippen LogP) is 0.311. The lowest BCUT2D eigenvalue weighted by atomic mass is 10.4. The van der Waals surface area contributed by atoms with Crippen LogP contribution in [0.1, 0.15) is 18.6 Å². The molecule has 0 bridgehead atoms. The van der Waals surface area contributed by atoms with Crippen LogP contribution in [0.5, 0.6) is 0 Å². The van der Waals surface area contributed by atoms with Gasteiger partial charge in [-0.1, -0.05) is 6.92 Å². The van der Waals surface area contributed by atoms with E-state index in [4.69, 9.17) is 5.84 Å². The molecule has 0 amide bonds. The van der Waals surface area contributed by atoms with E-state index in [0.29, 0.717) is 22.7 Å². The molecule has 4 aromatic rings. The highest BCUT2D eigenvalue weighted by atomic mass is 15.5. The monoisotopic (exact) mass is 286 g/mol. The molecule has 10 heteroatoms. The fourth-order valence-corrected chi connectivity index (χ4v) is 2.28. The van der Waals surface area contributed by atoms with Crippen molar-refractivity contribution < 1.29 is 0 Å². The smallest absolute Gasteiger partial charge is 0.200 e. The lowest BCUT2D eigenvalue weighted by Crippen LogP contribution is -2.24. The van der Waals surface area contributed by atoms with Gasteiger partial charge in [-0.25, -0.2) is 15.8 Å². The zero-order valence-corrected chi connectivity index (χ0v) is 11.6. The van der Waals surface area contributed by atoms with Gasteiger partial charge < -0.3 is 0 Å². The minimum absolute atomic E-state index is 0.653. The maximum absolute atomic E-state index is 6.22. The van der Waals surface area contributed by atoms with Crippen molar-refractivity contribution in [3.63, 3.8) is 0 Å². The second-order valence-corrected chi connectivity index (χ2v) is 4.73. The number of rotatable bonds is 3. The van der Waals surface area contributed by atoms with Gasteiger partial charge in [-0.2, -0.15) is 19.5 Å². The van der Waals surface area contributed by atoms with Crippen LogP contribution in [0.3, 0.4) is 0 Å². The van der Waals surface area contributed by atoms with Crippen LogP contribution in [-0.2, 0) is 6.42 Å². The number of aryl methyl sites for hydroxylation is 2. The molecule has 0 fully saturated rings. The van der Waals surface area contributed by atoms with E-state index in [0.717, 1.165) is 18.1 Å². The number of hydrogen-bond donors (Lipinski definition) is 3. The molecular formula is C11H14N10. The minimum Gasteiger partial charge on any atom is -0.269 e. The molecule has 0 spiro atoms. The molecule has 4 aromatic heterocycles. The molecule has 0 radical (unpaired) electrons. The van der Waals surface area contributed by atoms with Crippen LogP contribution in [0.4, 0.5) is 11.4 Å². The van der Waals surface area contributed by atoms with Crippen LogP contribution >= 0.6 is 0 Å². The van der Waals surface area contributed by atoms with Crippen molar-refractivity contribution in [1.29, 1.82) is 0 Å². The zero-order valence-electron chi connectivity index (χ0n) is 11.6. The van der Waals surface area contributed by atoms with E-state index in [1.807, 2.05) is 13.8 Å². The maximum Gasteiger partial charge on any atom is 0.200 e. The third-order valence-corrected chi connectivity index (χ3v) is 3.32. The SMILES string of the molecule is CCc1nc2c(N(N)c3cnn4[nH]c(C)nc34)cnn2[nH]1. The van der Waals surface area contributed by atoms with E-state index in [9.17, 15) is 0 Å². The number of nitrogens with zero attached hydrogens (tertiary/aromatic N) is 7. The lowest BCUT2D eigenvalue weighted by molar-refractivity contribution is 0.789. The van der Waals surface area contributed by atoms with Crippen LogP contribution in [0.15, 0.2) is 12.4 Å². The molecule has 21 heavy (non-hydrogen) atoms. The summed E-state index contributed by atoms with van der Waals surface area (Å²) in [6.07, 6.45) is 4.10. The second-order valence-electron chi connectivity index (χ2n) is 4.73. The Morgan fingerprint density at radius 3 is 2.38 bits per heavy atom. The quantitative estimate of drug-likeness (QED) is 0.368. The first-order valence-electron chi connectivity index (χ1n) is 6.55. The fourth-order valence-electron chi connectivity index (χ4n) is 2.28. The van der Waals surface area contributed by atoms with Gasteiger partial charge >= 0.3 is 0 Å². The van der Waals surface area contributed by atoms with Crippen molar-refractivity contribution in [3.8, 4) is 0 Å². The normalized spacial score (nSPS) is 11.8. The van der Waals surface area contributed by atoms with Gasteiger partial charge in [0.05, 0.1) is 12.4 Å². The molecule has 4 rings (SSSR count). The Bertz CT molecular complexity index is 922. The summed E-state index contributed by atoms with van der Waals surface area (Å²) in [5.74, 6) is 7.83. The molecule has 0 atom stereocenters. The molecule has 0 aliphatic carbocycles. The van der Waals surface area contributed by atoms with E-state index < -0.39 is 0 Å². The van der Waals surface area contributed by atoms with Crippen LogP contribution < -0.4 is 10.9 Å². The zero-order chi connectivity index (χ0) is 14.6. The van der Waals surface area contributed by atoms with Crippen LogP contribution in [0.2, 0.25) is 0 Å². The number of hydrogen-bond acceptors (Lipinski definition) is 6. The Morgan fingerprint density at radius 1 is 1.10 bits per heavy atom. The van der Waals surface area contributed by atoms with Gasteiger partial charge in [-0.15, -0.1) is 0 Å². The van der Waals surface area contributed by atoms with Crippen LogP contribution in [0, 0.1) is 6.92 Å². The summed E-state index contributed by atoms with van der Waals surface area (Å²) in [6.45, 7) is 3.88. The first-order chi connectivity index (χ1) is 10.2. The molecule has 0 aromatic carbocycles. The van der Waals surface area contributed by atoms with Gasteiger partial charge in [0.2, 0.25) is 11.3 Å². The van der Waals surface area contributed by atoms with Crippen molar-refractivity contribution >= 4 is 22.7 Å². The van der Waals surface area contributed by atoms with Crippen molar-refractivity contribution in [2.45, 2.75) is 20.3 Å².